The van der Waals surface area contributed by atoms with Crippen LogP contribution in [0.1, 0.15) is 16.2 Å². The van der Waals surface area contributed by atoms with E-state index in [1.54, 1.807) is 0 Å². The summed E-state index contributed by atoms with van der Waals surface area (Å²) in [5.74, 6) is -1.41. The molecule has 0 aliphatic rings. The molecule has 0 aliphatic heterocycles. The van der Waals surface area contributed by atoms with E-state index in [-0.39, 0.29) is 11.4 Å². The molecule has 0 saturated heterocycles. The predicted octanol–water partition coefficient (Wildman–Crippen LogP) is 2.20. The zero-order valence-electron chi connectivity index (χ0n) is 9.65. The van der Waals surface area contributed by atoms with Gasteiger partial charge in [-0.15, -0.1) is 0 Å². The minimum atomic E-state index is -1.06. The maximum Gasteiger partial charge on any atom is 0.276 e. The number of carbonyl (C=O) groups is 1. The molecular formula is C12H7ClF2N2O2. The van der Waals surface area contributed by atoms with Crippen molar-refractivity contribution in [3.05, 3.63) is 57.5 Å². The number of aromatic nitrogens is 2. The van der Waals surface area contributed by atoms with E-state index in [1.807, 2.05) is 0 Å². The fraction of sp³-hybridized carbons (Fsp3) is 0.0833. The van der Waals surface area contributed by atoms with Crippen molar-refractivity contribution in [2.75, 3.05) is 0 Å². The first-order valence-electron chi connectivity index (χ1n) is 5.16. The van der Waals surface area contributed by atoms with E-state index >= 15 is 0 Å². The highest BCUT2D eigenvalue weighted by atomic mass is 35.5. The number of halogens is 3. The molecule has 19 heavy (non-hydrogen) atoms. The van der Waals surface area contributed by atoms with Crippen LogP contribution < -0.4 is 5.43 Å². The normalized spacial score (nSPS) is 10.5. The Morgan fingerprint density at radius 3 is 2.63 bits per heavy atom. The highest BCUT2D eigenvalue weighted by Crippen LogP contribution is 2.15. The van der Waals surface area contributed by atoms with E-state index in [0.717, 1.165) is 28.9 Å². The van der Waals surface area contributed by atoms with Crippen molar-refractivity contribution < 1.29 is 13.6 Å². The number of nitrogens with zero attached hydrogens (tertiary/aromatic N) is 2. The summed E-state index contributed by atoms with van der Waals surface area (Å²) in [5, 5.41) is 2.60. The maximum atomic E-state index is 13.6. The molecule has 1 aromatic heterocycles. The topological polar surface area (TPSA) is 52.0 Å². The van der Waals surface area contributed by atoms with Crippen molar-refractivity contribution >= 4 is 16.8 Å². The van der Waals surface area contributed by atoms with E-state index in [9.17, 15) is 18.4 Å². The van der Waals surface area contributed by atoms with Crippen LogP contribution in [-0.4, -0.2) is 15.0 Å². The van der Waals surface area contributed by atoms with Crippen molar-refractivity contribution in [1.82, 2.24) is 9.78 Å². The highest BCUT2D eigenvalue weighted by Gasteiger charge is 2.15. The van der Waals surface area contributed by atoms with Gasteiger partial charge >= 0.3 is 0 Å². The fourth-order valence-electron chi connectivity index (χ4n) is 1.58. The lowest BCUT2D eigenvalue weighted by molar-refractivity contribution is 0.107. The van der Waals surface area contributed by atoms with Gasteiger partial charge in [0.2, 0.25) is 5.43 Å². The molecule has 0 N–H and O–H groups in total. The van der Waals surface area contributed by atoms with Gasteiger partial charge in [0, 0.05) is 17.8 Å². The summed E-state index contributed by atoms with van der Waals surface area (Å²) in [4.78, 5) is 22.5. The Bertz CT molecular complexity index is 728. The first-order valence-corrected chi connectivity index (χ1v) is 5.54. The SMILES string of the molecule is Cc1cc(=O)c(C(=O)Cl)nn1-c1cc(F)ccc1F. The average Bonchev–Trinajstić information content (AvgIpc) is 2.32. The van der Waals surface area contributed by atoms with Gasteiger partial charge in [-0.25, -0.2) is 13.5 Å². The van der Waals surface area contributed by atoms with Gasteiger partial charge in [-0.2, -0.15) is 5.10 Å². The molecule has 0 atom stereocenters. The van der Waals surface area contributed by atoms with Gasteiger partial charge in [0.05, 0.1) is 0 Å². The summed E-state index contributed by atoms with van der Waals surface area (Å²) in [6, 6.07) is 3.85. The zero-order valence-corrected chi connectivity index (χ0v) is 10.4. The quantitative estimate of drug-likeness (QED) is 0.795. The second-order valence-corrected chi connectivity index (χ2v) is 4.12. The summed E-state index contributed by atoms with van der Waals surface area (Å²) in [6.07, 6.45) is 0. The van der Waals surface area contributed by atoms with Crippen molar-refractivity contribution in [2.24, 2.45) is 0 Å². The van der Waals surface area contributed by atoms with Gasteiger partial charge in [-0.05, 0) is 30.7 Å². The Kier molecular flexibility index (Phi) is 3.44. The molecule has 1 aromatic carbocycles. The van der Waals surface area contributed by atoms with Crippen LogP contribution in [0.4, 0.5) is 8.78 Å². The largest absolute Gasteiger partial charge is 0.287 e. The van der Waals surface area contributed by atoms with Crippen molar-refractivity contribution in [1.29, 1.82) is 0 Å². The lowest BCUT2D eigenvalue weighted by Gasteiger charge is -2.10. The number of hydrogen-bond acceptors (Lipinski definition) is 3. The molecular weight excluding hydrogens is 278 g/mol. The molecule has 0 unspecified atom stereocenters. The molecule has 98 valence electrons. The third kappa shape index (κ3) is 2.53. The first-order chi connectivity index (χ1) is 8.90. The van der Waals surface area contributed by atoms with Crippen LogP contribution >= 0.6 is 11.6 Å². The number of carbonyl (C=O) groups excluding carboxylic acids is 1. The summed E-state index contributed by atoms with van der Waals surface area (Å²) < 4.78 is 27.7. The summed E-state index contributed by atoms with van der Waals surface area (Å²) in [5.41, 5.74) is -1.19. The molecule has 1 heterocycles. The van der Waals surface area contributed by atoms with Crippen molar-refractivity contribution in [2.45, 2.75) is 6.92 Å². The Labute approximate surface area is 111 Å². The summed E-state index contributed by atoms with van der Waals surface area (Å²) in [7, 11) is 0. The highest BCUT2D eigenvalue weighted by molar-refractivity contribution is 6.67. The molecule has 0 saturated carbocycles. The molecule has 0 aliphatic carbocycles. The second-order valence-electron chi connectivity index (χ2n) is 3.78. The van der Waals surface area contributed by atoms with Gasteiger partial charge < -0.3 is 0 Å². The molecule has 2 rings (SSSR count). The lowest BCUT2D eigenvalue weighted by atomic mass is 10.2. The van der Waals surface area contributed by atoms with Gasteiger partial charge in [0.15, 0.2) is 5.69 Å². The molecule has 7 heteroatoms. The smallest absolute Gasteiger partial charge is 0.276 e. The Balaban J connectivity index is 2.75. The lowest BCUT2D eigenvalue weighted by Crippen LogP contribution is -2.21. The average molecular weight is 285 g/mol. The predicted molar refractivity (Wildman–Crippen MR) is 64.7 cm³/mol. The number of benzene rings is 1. The third-order valence-corrected chi connectivity index (χ3v) is 2.61. The summed E-state index contributed by atoms with van der Waals surface area (Å²) in [6.45, 7) is 1.47. The van der Waals surface area contributed by atoms with E-state index in [1.165, 1.54) is 6.92 Å². The number of rotatable bonds is 2. The van der Waals surface area contributed by atoms with Gasteiger partial charge in [0.1, 0.15) is 17.3 Å². The van der Waals surface area contributed by atoms with Crippen LogP contribution in [0.3, 0.4) is 0 Å². The van der Waals surface area contributed by atoms with Crippen LogP contribution in [0.2, 0.25) is 0 Å². The molecule has 0 amide bonds. The molecule has 4 nitrogen and oxygen atoms in total. The van der Waals surface area contributed by atoms with Gasteiger partial charge in [-0.3, -0.25) is 9.59 Å². The molecule has 2 aromatic rings. The molecule has 0 radical (unpaired) electrons. The fourth-order valence-corrected chi connectivity index (χ4v) is 1.71. The van der Waals surface area contributed by atoms with Crippen LogP contribution in [-0.2, 0) is 0 Å². The monoisotopic (exact) mass is 284 g/mol. The minimum Gasteiger partial charge on any atom is -0.287 e. The van der Waals surface area contributed by atoms with Crippen molar-refractivity contribution in [3.8, 4) is 5.69 Å². The third-order valence-electron chi connectivity index (χ3n) is 2.43. The zero-order chi connectivity index (χ0) is 14.2. The minimum absolute atomic E-state index is 0.211. The van der Waals surface area contributed by atoms with E-state index in [2.05, 4.69) is 5.10 Å². The van der Waals surface area contributed by atoms with Crippen LogP contribution in [0.5, 0.6) is 0 Å². The van der Waals surface area contributed by atoms with E-state index in [4.69, 9.17) is 11.6 Å². The standard InChI is InChI=1S/C12H7ClF2N2O2/c1-6-4-10(18)11(12(13)19)16-17(6)9-5-7(14)2-3-8(9)15/h2-5H,1H3. The van der Waals surface area contributed by atoms with E-state index in [0.29, 0.717) is 0 Å². The second kappa shape index (κ2) is 4.89. The Morgan fingerprint density at radius 1 is 1.32 bits per heavy atom. The first kappa shape index (κ1) is 13.4. The summed E-state index contributed by atoms with van der Waals surface area (Å²) >= 11 is 5.21. The Morgan fingerprint density at radius 2 is 2.00 bits per heavy atom. The number of hydrogen-bond donors (Lipinski definition) is 0. The van der Waals surface area contributed by atoms with Gasteiger partial charge in [-0.1, -0.05) is 0 Å². The van der Waals surface area contributed by atoms with Crippen molar-refractivity contribution in [3.63, 3.8) is 0 Å². The molecule has 0 bridgehead atoms. The molecule has 0 spiro atoms. The van der Waals surface area contributed by atoms with E-state index < -0.39 is 28.0 Å². The van der Waals surface area contributed by atoms with Gasteiger partial charge in [0.25, 0.3) is 5.24 Å². The number of aryl methyl sites for hydroxylation is 1. The van der Waals surface area contributed by atoms with Crippen LogP contribution in [0.15, 0.2) is 29.1 Å². The van der Waals surface area contributed by atoms with Crippen LogP contribution in [0.25, 0.3) is 5.69 Å². The Hall–Kier alpha value is -2.08. The molecule has 0 fully saturated rings. The maximum absolute atomic E-state index is 13.6. The van der Waals surface area contributed by atoms with Crippen LogP contribution in [0, 0.1) is 18.6 Å².